The summed E-state index contributed by atoms with van der Waals surface area (Å²) >= 11 is 6.07. The van der Waals surface area contributed by atoms with Gasteiger partial charge in [0.05, 0.1) is 0 Å². The quantitative estimate of drug-likeness (QED) is 0.748. The highest BCUT2D eigenvalue weighted by Gasteiger charge is 2.15. The number of hydrogen-bond acceptors (Lipinski definition) is 3. The van der Waals surface area contributed by atoms with Crippen molar-refractivity contribution < 1.29 is 0 Å². The molecule has 1 fully saturated rings. The third-order valence-corrected chi connectivity index (χ3v) is 4.35. The molecule has 0 spiro atoms. The number of halogens is 1. The van der Waals surface area contributed by atoms with Crippen molar-refractivity contribution in [2.45, 2.75) is 31.7 Å². The molecule has 0 amide bonds. The van der Waals surface area contributed by atoms with Crippen LogP contribution in [0, 0.1) is 6.92 Å². The maximum Gasteiger partial charge on any atom is 0.0435 e. The van der Waals surface area contributed by atoms with E-state index in [4.69, 9.17) is 17.3 Å². The van der Waals surface area contributed by atoms with Crippen molar-refractivity contribution in [2.75, 3.05) is 26.2 Å². The lowest BCUT2D eigenvalue weighted by atomic mass is 9.94. The largest absolute Gasteiger partial charge is 0.330 e. The van der Waals surface area contributed by atoms with E-state index in [2.05, 4.69) is 22.8 Å². The van der Waals surface area contributed by atoms with Crippen LogP contribution in [0.4, 0.5) is 0 Å². The Hall–Kier alpha value is -0.610. The number of nitrogens with one attached hydrogen (secondary N) is 2. The third-order valence-electron chi connectivity index (χ3n) is 3.92. The van der Waals surface area contributed by atoms with Gasteiger partial charge in [-0.05, 0) is 62.5 Å². The van der Waals surface area contributed by atoms with Crippen molar-refractivity contribution in [3.63, 3.8) is 0 Å². The molecule has 1 heterocycles. The number of aryl methyl sites for hydroxylation is 1. The zero-order valence-electron chi connectivity index (χ0n) is 11.6. The number of nitrogens with two attached hydrogens (primary N) is 1. The van der Waals surface area contributed by atoms with Crippen LogP contribution in [0.3, 0.4) is 0 Å². The molecule has 106 valence electrons. The van der Waals surface area contributed by atoms with E-state index in [1.807, 2.05) is 13.0 Å². The van der Waals surface area contributed by atoms with Crippen LogP contribution in [0.1, 0.15) is 29.9 Å². The Labute approximate surface area is 120 Å². The van der Waals surface area contributed by atoms with Crippen LogP contribution in [0.15, 0.2) is 18.2 Å². The molecule has 1 saturated heterocycles. The van der Waals surface area contributed by atoms with Gasteiger partial charge in [-0.1, -0.05) is 23.7 Å². The molecule has 4 N–H and O–H groups in total. The van der Waals surface area contributed by atoms with Crippen molar-refractivity contribution in [1.82, 2.24) is 10.6 Å². The van der Waals surface area contributed by atoms with Gasteiger partial charge >= 0.3 is 0 Å². The molecule has 3 nitrogen and oxygen atoms in total. The van der Waals surface area contributed by atoms with E-state index in [1.54, 1.807) is 0 Å². The molecule has 19 heavy (non-hydrogen) atoms. The van der Waals surface area contributed by atoms with Gasteiger partial charge < -0.3 is 16.4 Å². The maximum absolute atomic E-state index is 6.07. The van der Waals surface area contributed by atoms with E-state index < -0.39 is 0 Å². The van der Waals surface area contributed by atoms with E-state index in [1.165, 1.54) is 12.0 Å². The summed E-state index contributed by atoms with van der Waals surface area (Å²) in [7, 11) is 0. The monoisotopic (exact) mass is 281 g/mol. The smallest absolute Gasteiger partial charge is 0.0435 e. The molecule has 0 aliphatic carbocycles. The Morgan fingerprint density at radius 1 is 1.53 bits per heavy atom. The first kappa shape index (κ1) is 14.8. The predicted molar refractivity (Wildman–Crippen MR) is 81.9 cm³/mol. The van der Waals surface area contributed by atoms with Crippen molar-refractivity contribution in [2.24, 2.45) is 5.73 Å². The van der Waals surface area contributed by atoms with Crippen LogP contribution in [0.2, 0.25) is 5.02 Å². The molecule has 1 aromatic rings. The van der Waals surface area contributed by atoms with Crippen molar-refractivity contribution >= 4 is 11.6 Å². The molecule has 2 unspecified atom stereocenters. The van der Waals surface area contributed by atoms with Crippen molar-refractivity contribution in [1.29, 1.82) is 0 Å². The SMILES string of the molecule is Cc1cc(C(CN)CCNC2CCNC2)ccc1Cl. The fourth-order valence-electron chi connectivity index (χ4n) is 2.63. The lowest BCUT2D eigenvalue weighted by Gasteiger charge is -2.18. The van der Waals surface area contributed by atoms with Crippen LogP contribution < -0.4 is 16.4 Å². The third kappa shape index (κ3) is 4.18. The topological polar surface area (TPSA) is 50.1 Å². The summed E-state index contributed by atoms with van der Waals surface area (Å²) in [5.41, 5.74) is 8.35. The Morgan fingerprint density at radius 3 is 3.00 bits per heavy atom. The lowest BCUT2D eigenvalue weighted by Crippen LogP contribution is -2.33. The zero-order chi connectivity index (χ0) is 13.7. The zero-order valence-corrected chi connectivity index (χ0v) is 12.3. The molecule has 1 aliphatic rings. The van der Waals surface area contributed by atoms with Crippen molar-refractivity contribution in [3.05, 3.63) is 34.3 Å². The molecule has 2 atom stereocenters. The summed E-state index contributed by atoms with van der Waals surface area (Å²) in [4.78, 5) is 0. The van der Waals surface area contributed by atoms with Gasteiger partial charge in [-0.15, -0.1) is 0 Å². The van der Waals surface area contributed by atoms with E-state index in [9.17, 15) is 0 Å². The highest BCUT2D eigenvalue weighted by Crippen LogP contribution is 2.23. The second-order valence-electron chi connectivity index (χ2n) is 5.37. The summed E-state index contributed by atoms with van der Waals surface area (Å²) in [6.07, 6.45) is 2.31. The first-order valence-corrected chi connectivity index (χ1v) is 7.48. The minimum Gasteiger partial charge on any atom is -0.330 e. The highest BCUT2D eigenvalue weighted by molar-refractivity contribution is 6.31. The summed E-state index contributed by atoms with van der Waals surface area (Å²) in [5, 5.41) is 7.79. The van der Waals surface area contributed by atoms with E-state index >= 15 is 0 Å². The van der Waals surface area contributed by atoms with Gasteiger partial charge in [0, 0.05) is 17.6 Å². The van der Waals surface area contributed by atoms with Gasteiger partial charge in [0.25, 0.3) is 0 Å². The summed E-state index contributed by atoms with van der Waals surface area (Å²) < 4.78 is 0. The molecule has 0 bridgehead atoms. The average molecular weight is 282 g/mol. The Balaban J connectivity index is 1.86. The molecule has 1 aromatic carbocycles. The minimum atomic E-state index is 0.415. The molecule has 0 saturated carbocycles. The normalized spacial score (nSPS) is 20.7. The summed E-state index contributed by atoms with van der Waals surface area (Å²) in [6, 6.07) is 6.87. The van der Waals surface area contributed by atoms with Crippen LogP contribution in [0.5, 0.6) is 0 Å². The Morgan fingerprint density at radius 2 is 2.37 bits per heavy atom. The van der Waals surface area contributed by atoms with Crippen LogP contribution in [-0.2, 0) is 0 Å². The van der Waals surface area contributed by atoms with Gasteiger partial charge in [0.1, 0.15) is 0 Å². The number of benzene rings is 1. The predicted octanol–water partition coefficient (Wildman–Crippen LogP) is 2.03. The van der Waals surface area contributed by atoms with Gasteiger partial charge in [-0.25, -0.2) is 0 Å². The van der Waals surface area contributed by atoms with E-state index in [-0.39, 0.29) is 0 Å². The molecule has 1 aliphatic heterocycles. The lowest BCUT2D eigenvalue weighted by molar-refractivity contribution is 0.505. The van der Waals surface area contributed by atoms with Crippen molar-refractivity contribution in [3.8, 4) is 0 Å². The Kier molecular flexibility index (Phi) is 5.64. The molecule has 0 radical (unpaired) electrons. The number of hydrogen-bond donors (Lipinski definition) is 3. The fraction of sp³-hybridized carbons (Fsp3) is 0.600. The first-order chi connectivity index (χ1) is 9.20. The van der Waals surface area contributed by atoms with E-state index in [0.29, 0.717) is 18.5 Å². The molecule has 0 aromatic heterocycles. The van der Waals surface area contributed by atoms with E-state index in [0.717, 1.165) is 36.6 Å². The highest BCUT2D eigenvalue weighted by atomic mass is 35.5. The maximum atomic E-state index is 6.07. The second kappa shape index (κ2) is 7.25. The fourth-order valence-corrected chi connectivity index (χ4v) is 2.75. The number of rotatable bonds is 6. The van der Waals surface area contributed by atoms with Gasteiger partial charge in [-0.2, -0.15) is 0 Å². The molecular weight excluding hydrogens is 258 g/mol. The molecular formula is C15H24ClN3. The average Bonchev–Trinajstić information content (AvgIpc) is 2.91. The first-order valence-electron chi connectivity index (χ1n) is 7.11. The van der Waals surface area contributed by atoms with Crippen LogP contribution in [-0.4, -0.2) is 32.2 Å². The second-order valence-corrected chi connectivity index (χ2v) is 5.78. The molecule has 4 heteroatoms. The summed E-state index contributed by atoms with van der Waals surface area (Å²) in [6.45, 7) is 5.98. The minimum absolute atomic E-state index is 0.415. The van der Waals surface area contributed by atoms with Gasteiger partial charge in [0.2, 0.25) is 0 Å². The molecule has 2 rings (SSSR count). The van der Waals surface area contributed by atoms with Gasteiger partial charge in [0.15, 0.2) is 0 Å². The van der Waals surface area contributed by atoms with Crippen LogP contribution >= 0.6 is 11.6 Å². The summed E-state index contributed by atoms with van der Waals surface area (Å²) in [5.74, 6) is 0.415. The van der Waals surface area contributed by atoms with Gasteiger partial charge in [-0.3, -0.25) is 0 Å². The Bertz CT molecular complexity index is 402. The standard InChI is InChI=1S/C15H24ClN3/c1-11-8-12(2-3-15(11)16)13(9-17)4-7-19-14-5-6-18-10-14/h2-3,8,13-14,18-19H,4-7,9-10,17H2,1H3. The van der Waals surface area contributed by atoms with Crippen LogP contribution in [0.25, 0.3) is 0 Å².